The summed E-state index contributed by atoms with van der Waals surface area (Å²) in [6.45, 7) is 3.34. The minimum absolute atomic E-state index is 0.248. The number of nitrogens with one attached hydrogen (secondary N) is 3. The van der Waals surface area contributed by atoms with Crippen molar-refractivity contribution in [2.75, 3.05) is 35.8 Å². The average molecular weight is 474 g/mol. The third-order valence-electron chi connectivity index (χ3n) is 3.48. The van der Waals surface area contributed by atoms with Crippen LogP contribution < -0.4 is 16.0 Å². The highest BCUT2D eigenvalue weighted by molar-refractivity contribution is 6.10. The highest BCUT2D eigenvalue weighted by atomic mass is 16.6. The van der Waals surface area contributed by atoms with Gasteiger partial charge in [0.15, 0.2) is 0 Å². The molecule has 0 fully saturated rings. The summed E-state index contributed by atoms with van der Waals surface area (Å²) < 4.78 is 13.7. The van der Waals surface area contributed by atoms with Gasteiger partial charge in [-0.1, -0.05) is 0 Å². The quantitative estimate of drug-likeness (QED) is 0.265. The Labute approximate surface area is 183 Å². The van der Waals surface area contributed by atoms with E-state index in [-0.39, 0.29) is 19.8 Å². The SMILES string of the molecule is CCOC(=O)Nc1c([N+](=O)[O-])c(NC(=O)OCC)c([N+](=O)[O-])c(NC(=O)OCC)c1[N+](=O)[O-]. The van der Waals surface area contributed by atoms with E-state index in [1.807, 2.05) is 0 Å². The summed E-state index contributed by atoms with van der Waals surface area (Å²) in [6, 6.07) is 0. The molecule has 18 nitrogen and oxygen atoms in total. The zero-order valence-electron chi connectivity index (χ0n) is 17.4. The number of nitro benzene ring substituents is 3. The molecule has 0 saturated heterocycles. The average Bonchev–Trinajstić information content (AvgIpc) is 2.67. The van der Waals surface area contributed by atoms with Crippen LogP contribution in [0.5, 0.6) is 0 Å². The maximum absolute atomic E-state index is 11.9. The summed E-state index contributed by atoms with van der Waals surface area (Å²) in [5.41, 5.74) is -7.97. The third kappa shape index (κ3) is 6.35. The van der Waals surface area contributed by atoms with Crippen molar-refractivity contribution in [2.24, 2.45) is 0 Å². The summed E-state index contributed by atoms with van der Waals surface area (Å²) in [6.07, 6.45) is -4.20. The molecule has 0 aromatic heterocycles. The number of carbonyl (C=O) groups excluding carboxylic acids is 3. The van der Waals surface area contributed by atoms with Crippen LogP contribution in [0.4, 0.5) is 48.5 Å². The number of amides is 3. The van der Waals surface area contributed by atoms with E-state index in [0.717, 1.165) is 0 Å². The molecule has 0 bridgehead atoms. The van der Waals surface area contributed by atoms with E-state index >= 15 is 0 Å². The predicted octanol–water partition coefficient (Wildman–Crippen LogP) is 3.12. The predicted molar refractivity (Wildman–Crippen MR) is 108 cm³/mol. The Hall–Kier alpha value is -4.77. The van der Waals surface area contributed by atoms with Crippen molar-refractivity contribution in [3.8, 4) is 0 Å². The molecule has 0 atom stereocenters. The Morgan fingerprint density at radius 3 is 0.970 bits per heavy atom. The highest BCUT2D eigenvalue weighted by Gasteiger charge is 2.45. The first-order chi connectivity index (χ1) is 15.5. The molecule has 0 unspecified atom stereocenters. The van der Waals surface area contributed by atoms with Crippen molar-refractivity contribution >= 4 is 52.4 Å². The Kier molecular flexibility index (Phi) is 9.21. The molecule has 3 amide bonds. The van der Waals surface area contributed by atoms with E-state index in [9.17, 15) is 44.7 Å². The van der Waals surface area contributed by atoms with Crippen LogP contribution in [0.25, 0.3) is 0 Å². The number of ether oxygens (including phenoxy) is 3. The molecule has 0 aliphatic heterocycles. The molecule has 1 aromatic rings. The summed E-state index contributed by atoms with van der Waals surface area (Å²) >= 11 is 0. The Balaban J connectivity index is 4.15. The molecule has 18 heteroatoms. The number of nitrogens with zero attached hydrogens (tertiary/aromatic N) is 3. The summed E-state index contributed by atoms with van der Waals surface area (Å²) in [5.74, 6) is 0. The topological polar surface area (TPSA) is 244 Å². The Morgan fingerprint density at radius 1 is 0.606 bits per heavy atom. The van der Waals surface area contributed by atoms with Crippen LogP contribution >= 0.6 is 0 Å². The smallest absolute Gasteiger partial charge is 0.412 e. The molecule has 0 radical (unpaired) electrons. The van der Waals surface area contributed by atoms with Gasteiger partial charge in [0.05, 0.1) is 34.6 Å². The first kappa shape index (κ1) is 26.3. The molecule has 33 heavy (non-hydrogen) atoms. The number of anilines is 3. The number of hydrogen-bond donors (Lipinski definition) is 3. The van der Waals surface area contributed by atoms with Gasteiger partial charge in [0.25, 0.3) is 0 Å². The van der Waals surface area contributed by atoms with Crippen molar-refractivity contribution in [3.63, 3.8) is 0 Å². The lowest BCUT2D eigenvalue weighted by atomic mass is 10.1. The van der Waals surface area contributed by atoms with Crippen molar-refractivity contribution in [3.05, 3.63) is 30.3 Å². The fraction of sp³-hybridized carbons (Fsp3) is 0.400. The largest absolute Gasteiger partial charge is 0.450 e. The molecule has 3 N–H and O–H groups in total. The van der Waals surface area contributed by atoms with Gasteiger partial charge >= 0.3 is 35.3 Å². The van der Waals surface area contributed by atoms with Crippen molar-refractivity contribution < 1.29 is 43.4 Å². The van der Waals surface area contributed by atoms with Crippen molar-refractivity contribution in [1.82, 2.24) is 0 Å². The summed E-state index contributed by atoms with van der Waals surface area (Å²) in [4.78, 5) is 67.1. The number of carbonyl (C=O) groups is 3. The molecular formula is C15H18N6O12. The summed E-state index contributed by atoms with van der Waals surface area (Å²) in [5, 5.41) is 40.6. The van der Waals surface area contributed by atoms with Gasteiger partial charge in [-0.3, -0.25) is 46.3 Å². The number of hydrogen-bond acceptors (Lipinski definition) is 12. The summed E-state index contributed by atoms with van der Waals surface area (Å²) in [7, 11) is 0. The van der Waals surface area contributed by atoms with Gasteiger partial charge in [-0.2, -0.15) is 0 Å². The number of nitro groups is 3. The van der Waals surface area contributed by atoms with Crippen LogP contribution in [0.15, 0.2) is 0 Å². The molecule has 0 heterocycles. The van der Waals surface area contributed by atoms with Crippen LogP contribution in [-0.4, -0.2) is 52.9 Å². The molecule has 0 saturated carbocycles. The lowest BCUT2D eigenvalue weighted by Gasteiger charge is -2.15. The second kappa shape index (κ2) is 11.6. The fourth-order valence-electron chi connectivity index (χ4n) is 2.42. The van der Waals surface area contributed by atoms with Crippen LogP contribution in [-0.2, 0) is 14.2 Å². The standard InChI is InChI=1S/C15H18N6O12/c1-4-31-13(22)16-7-10(19(25)26)8(17-14(23)32-5-2)12(21(29)30)9(11(7)20(27)28)18-15(24)33-6-3/h4-6H2,1-3H3,(H,16,22)(H,17,23)(H,18,24). The molecular weight excluding hydrogens is 456 g/mol. The van der Waals surface area contributed by atoms with Crippen LogP contribution in [0.1, 0.15) is 20.8 Å². The van der Waals surface area contributed by atoms with Crippen molar-refractivity contribution in [2.45, 2.75) is 20.8 Å². The van der Waals surface area contributed by atoms with Gasteiger partial charge in [-0.05, 0) is 20.8 Å². The fourth-order valence-corrected chi connectivity index (χ4v) is 2.42. The lowest BCUT2D eigenvalue weighted by Crippen LogP contribution is -2.22. The maximum Gasteiger partial charge on any atom is 0.412 e. The normalized spacial score (nSPS) is 9.91. The molecule has 0 aliphatic carbocycles. The molecule has 0 spiro atoms. The first-order valence-electron chi connectivity index (χ1n) is 8.98. The third-order valence-corrected chi connectivity index (χ3v) is 3.48. The Morgan fingerprint density at radius 2 is 0.818 bits per heavy atom. The monoisotopic (exact) mass is 474 g/mol. The van der Waals surface area contributed by atoms with E-state index < -0.39 is 67.2 Å². The zero-order chi connectivity index (χ0) is 25.3. The van der Waals surface area contributed by atoms with Crippen molar-refractivity contribution in [1.29, 1.82) is 0 Å². The van der Waals surface area contributed by atoms with Gasteiger partial charge < -0.3 is 14.2 Å². The number of benzene rings is 1. The van der Waals surface area contributed by atoms with Crippen LogP contribution in [0.2, 0.25) is 0 Å². The van der Waals surface area contributed by atoms with E-state index in [1.54, 1.807) is 16.0 Å². The highest BCUT2D eigenvalue weighted by Crippen LogP contribution is 2.53. The second-order valence-corrected chi connectivity index (χ2v) is 5.48. The second-order valence-electron chi connectivity index (χ2n) is 5.48. The van der Waals surface area contributed by atoms with Gasteiger partial charge in [-0.25, -0.2) is 14.4 Å². The molecule has 1 aromatic carbocycles. The first-order valence-corrected chi connectivity index (χ1v) is 8.98. The van der Waals surface area contributed by atoms with Crippen LogP contribution in [0.3, 0.4) is 0 Å². The Bertz CT molecular complexity index is 849. The van der Waals surface area contributed by atoms with E-state index in [0.29, 0.717) is 0 Å². The van der Waals surface area contributed by atoms with E-state index in [4.69, 9.17) is 0 Å². The zero-order valence-corrected chi connectivity index (χ0v) is 17.4. The number of rotatable bonds is 9. The molecule has 1 rings (SSSR count). The van der Waals surface area contributed by atoms with Gasteiger partial charge in [0.2, 0.25) is 17.1 Å². The van der Waals surface area contributed by atoms with Crippen LogP contribution in [0, 0.1) is 30.3 Å². The minimum Gasteiger partial charge on any atom is -0.450 e. The lowest BCUT2D eigenvalue weighted by molar-refractivity contribution is -0.399. The minimum atomic E-state index is -1.44. The molecule has 180 valence electrons. The van der Waals surface area contributed by atoms with E-state index in [2.05, 4.69) is 14.2 Å². The maximum atomic E-state index is 11.9. The van der Waals surface area contributed by atoms with Gasteiger partial charge in [0.1, 0.15) is 0 Å². The van der Waals surface area contributed by atoms with E-state index in [1.165, 1.54) is 20.8 Å². The van der Waals surface area contributed by atoms with Gasteiger partial charge in [0, 0.05) is 0 Å². The van der Waals surface area contributed by atoms with Gasteiger partial charge in [-0.15, -0.1) is 0 Å². The molecule has 0 aliphatic rings.